The van der Waals surface area contributed by atoms with E-state index in [0.29, 0.717) is 24.4 Å². The number of hydrogen-bond acceptors (Lipinski definition) is 4. The van der Waals surface area contributed by atoms with Gasteiger partial charge in [-0.25, -0.2) is 0 Å². The lowest BCUT2D eigenvalue weighted by Gasteiger charge is -2.10. The van der Waals surface area contributed by atoms with Crippen LogP contribution in [0.5, 0.6) is 0 Å². The van der Waals surface area contributed by atoms with Crippen LogP contribution in [0.3, 0.4) is 0 Å². The molecule has 1 rings (SSSR count). The summed E-state index contributed by atoms with van der Waals surface area (Å²) >= 11 is 3.31. The molecule has 0 bridgehead atoms. The number of carbonyl (C=O) groups excluding carboxylic acids is 2. The molecule has 0 heterocycles. The summed E-state index contributed by atoms with van der Waals surface area (Å²) in [6.45, 7) is 2.98. The smallest absolute Gasteiger partial charge is 0.251 e. The third-order valence-electron chi connectivity index (χ3n) is 2.92. The number of hydrogen-bond donors (Lipinski definition) is 3. The molecule has 0 fully saturated rings. The van der Waals surface area contributed by atoms with E-state index in [1.165, 1.54) is 0 Å². The number of nitrogens with one attached hydrogen (secondary N) is 2. The van der Waals surface area contributed by atoms with E-state index in [-0.39, 0.29) is 24.8 Å². The maximum absolute atomic E-state index is 12.1. The molecule has 7 heteroatoms. The van der Waals surface area contributed by atoms with Gasteiger partial charge in [-0.3, -0.25) is 9.59 Å². The van der Waals surface area contributed by atoms with Crippen molar-refractivity contribution in [2.45, 2.75) is 13.3 Å². The van der Waals surface area contributed by atoms with E-state index in [4.69, 9.17) is 10.5 Å². The number of nitrogen functional groups attached to an aromatic ring is 1. The Morgan fingerprint density at radius 2 is 2.00 bits per heavy atom. The van der Waals surface area contributed by atoms with Gasteiger partial charge in [-0.05, 0) is 24.6 Å². The molecule has 0 aliphatic heterocycles. The molecule has 0 radical (unpaired) electrons. The summed E-state index contributed by atoms with van der Waals surface area (Å²) in [5.41, 5.74) is 7.59. The third kappa shape index (κ3) is 5.73. The second kappa shape index (κ2) is 8.63. The molecule has 0 aliphatic carbocycles. The average Bonchev–Trinajstić information content (AvgIpc) is 2.43. The van der Waals surface area contributed by atoms with Gasteiger partial charge in [0.25, 0.3) is 5.91 Å². The number of halogens is 1. The standard InChI is InChI=1S/C14H20BrN3O3/c1-9-11(7-10(15)8-12(9)16)14(20)18-4-3-13(19)17-5-6-21-2/h7-8H,3-6,16H2,1-2H3,(H,17,19)(H,18,20). The minimum absolute atomic E-state index is 0.127. The lowest BCUT2D eigenvalue weighted by atomic mass is 10.1. The zero-order valence-electron chi connectivity index (χ0n) is 12.2. The van der Waals surface area contributed by atoms with Gasteiger partial charge in [0, 0.05) is 42.3 Å². The molecule has 1 aromatic carbocycles. The highest BCUT2D eigenvalue weighted by Crippen LogP contribution is 2.22. The van der Waals surface area contributed by atoms with Crippen LogP contribution in [0.2, 0.25) is 0 Å². The normalized spacial score (nSPS) is 10.2. The summed E-state index contributed by atoms with van der Waals surface area (Å²) in [5.74, 6) is -0.372. The minimum atomic E-state index is -0.245. The highest BCUT2D eigenvalue weighted by molar-refractivity contribution is 9.10. The zero-order chi connectivity index (χ0) is 15.8. The van der Waals surface area contributed by atoms with E-state index in [1.54, 1.807) is 26.2 Å². The van der Waals surface area contributed by atoms with Gasteiger partial charge >= 0.3 is 0 Å². The maximum atomic E-state index is 12.1. The summed E-state index contributed by atoms with van der Waals surface area (Å²) in [5, 5.41) is 5.39. The van der Waals surface area contributed by atoms with Crippen LogP contribution in [-0.2, 0) is 9.53 Å². The molecule has 0 saturated heterocycles. The molecule has 0 unspecified atom stereocenters. The fourth-order valence-electron chi connectivity index (χ4n) is 1.70. The first-order chi connectivity index (χ1) is 9.95. The molecule has 4 N–H and O–H groups in total. The second-order valence-corrected chi connectivity index (χ2v) is 5.43. The molecule has 0 saturated carbocycles. The van der Waals surface area contributed by atoms with Crippen molar-refractivity contribution in [3.05, 3.63) is 27.7 Å². The maximum Gasteiger partial charge on any atom is 0.251 e. The second-order valence-electron chi connectivity index (χ2n) is 4.52. The van der Waals surface area contributed by atoms with Crippen molar-refractivity contribution in [1.29, 1.82) is 0 Å². The molecule has 2 amide bonds. The van der Waals surface area contributed by atoms with Crippen molar-refractivity contribution in [1.82, 2.24) is 10.6 Å². The van der Waals surface area contributed by atoms with Crippen LogP contribution in [0.25, 0.3) is 0 Å². The lowest BCUT2D eigenvalue weighted by Crippen LogP contribution is -2.32. The van der Waals surface area contributed by atoms with Crippen LogP contribution < -0.4 is 16.4 Å². The van der Waals surface area contributed by atoms with E-state index in [9.17, 15) is 9.59 Å². The molecule has 116 valence electrons. The Labute approximate surface area is 132 Å². The van der Waals surface area contributed by atoms with E-state index < -0.39 is 0 Å². The zero-order valence-corrected chi connectivity index (χ0v) is 13.7. The Morgan fingerprint density at radius 3 is 2.67 bits per heavy atom. The van der Waals surface area contributed by atoms with Gasteiger partial charge in [-0.15, -0.1) is 0 Å². The highest BCUT2D eigenvalue weighted by atomic mass is 79.9. The largest absolute Gasteiger partial charge is 0.398 e. The van der Waals surface area contributed by atoms with Gasteiger partial charge in [0.05, 0.1) is 6.61 Å². The fourth-order valence-corrected chi connectivity index (χ4v) is 2.18. The number of anilines is 1. The number of ether oxygens (including phenoxy) is 1. The molecule has 0 spiro atoms. The van der Waals surface area contributed by atoms with Crippen molar-refractivity contribution in [2.24, 2.45) is 0 Å². The molecular formula is C14H20BrN3O3. The average molecular weight is 358 g/mol. The highest BCUT2D eigenvalue weighted by Gasteiger charge is 2.12. The first kappa shape index (κ1) is 17.5. The van der Waals surface area contributed by atoms with E-state index in [2.05, 4.69) is 26.6 Å². The number of amides is 2. The fraction of sp³-hybridized carbons (Fsp3) is 0.429. The van der Waals surface area contributed by atoms with Gasteiger partial charge in [0.2, 0.25) is 5.91 Å². The van der Waals surface area contributed by atoms with Gasteiger partial charge in [-0.1, -0.05) is 15.9 Å². The Morgan fingerprint density at radius 1 is 1.29 bits per heavy atom. The number of methoxy groups -OCH3 is 1. The summed E-state index contributed by atoms with van der Waals surface area (Å²) < 4.78 is 5.57. The van der Waals surface area contributed by atoms with Crippen molar-refractivity contribution >= 4 is 33.4 Å². The van der Waals surface area contributed by atoms with E-state index in [1.807, 2.05) is 0 Å². The lowest BCUT2D eigenvalue weighted by molar-refractivity contribution is -0.121. The number of nitrogens with two attached hydrogens (primary N) is 1. The monoisotopic (exact) mass is 357 g/mol. The summed E-state index contributed by atoms with van der Waals surface area (Å²) in [7, 11) is 1.57. The number of carbonyl (C=O) groups is 2. The van der Waals surface area contributed by atoms with Crippen LogP contribution in [0.1, 0.15) is 22.3 Å². The molecule has 1 aromatic rings. The minimum Gasteiger partial charge on any atom is -0.398 e. The molecule has 0 aromatic heterocycles. The van der Waals surface area contributed by atoms with Crippen LogP contribution in [-0.4, -0.2) is 38.6 Å². The van der Waals surface area contributed by atoms with Crippen LogP contribution >= 0.6 is 15.9 Å². The molecule has 6 nitrogen and oxygen atoms in total. The van der Waals surface area contributed by atoms with E-state index in [0.717, 1.165) is 10.0 Å². The predicted molar refractivity (Wildman–Crippen MR) is 85.1 cm³/mol. The van der Waals surface area contributed by atoms with Crippen LogP contribution in [0.4, 0.5) is 5.69 Å². The van der Waals surface area contributed by atoms with Crippen molar-refractivity contribution in [2.75, 3.05) is 32.5 Å². The summed E-state index contributed by atoms with van der Waals surface area (Å²) in [6, 6.07) is 3.45. The Bertz CT molecular complexity index is 520. The van der Waals surface area contributed by atoms with Gasteiger partial charge in [0.1, 0.15) is 0 Å². The SMILES string of the molecule is COCCNC(=O)CCNC(=O)c1cc(Br)cc(N)c1C. The third-order valence-corrected chi connectivity index (χ3v) is 3.38. The number of benzene rings is 1. The first-order valence-corrected chi connectivity index (χ1v) is 7.34. The van der Waals surface area contributed by atoms with Crippen LogP contribution in [0, 0.1) is 6.92 Å². The van der Waals surface area contributed by atoms with Crippen molar-refractivity contribution in [3.63, 3.8) is 0 Å². The Kier molecular flexibility index (Phi) is 7.18. The van der Waals surface area contributed by atoms with Gasteiger partial charge in [0.15, 0.2) is 0 Å². The van der Waals surface area contributed by atoms with Crippen molar-refractivity contribution < 1.29 is 14.3 Å². The topological polar surface area (TPSA) is 93.5 Å². The number of rotatable bonds is 7. The quantitative estimate of drug-likeness (QED) is 0.505. The molecular weight excluding hydrogens is 338 g/mol. The van der Waals surface area contributed by atoms with Gasteiger partial charge < -0.3 is 21.1 Å². The molecule has 0 aliphatic rings. The summed E-state index contributed by atoms with van der Waals surface area (Å²) in [6.07, 6.45) is 0.220. The Balaban J connectivity index is 2.46. The van der Waals surface area contributed by atoms with Crippen molar-refractivity contribution in [3.8, 4) is 0 Å². The first-order valence-electron chi connectivity index (χ1n) is 6.55. The summed E-state index contributed by atoms with van der Waals surface area (Å²) in [4.78, 5) is 23.5. The molecule has 0 atom stereocenters. The molecule has 21 heavy (non-hydrogen) atoms. The van der Waals surface area contributed by atoms with Gasteiger partial charge in [-0.2, -0.15) is 0 Å². The predicted octanol–water partition coefficient (Wildman–Crippen LogP) is 1.22. The van der Waals surface area contributed by atoms with E-state index >= 15 is 0 Å². The Hall–Kier alpha value is -1.60. The van der Waals surface area contributed by atoms with Crippen LogP contribution in [0.15, 0.2) is 16.6 Å².